The highest BCUT2D eigenvalue weighted by Crippen LogP contribution is 2.30. The molecule has 0 aromatic heterocycles. The van der Waals surface area contributed by atoms with Crippen molar-refractivity contribution in [3.63, 3.8) is 0 Å². The van der Waals surface area contributed by atoms with Crippen LogP contribution in [0.5, 0.6) is 0 Å². The highest BCUT2D eigenvalue weighted by atomic mass is 35.5. The monoisotopic (exact) mass is 264 g/mol. The van der Waals surface area contributed by atoms with Crippen molar-refractivity contribution in [2.24, 2.45) is 0 Å². The molecule has 0 spiro atoms. The first-order valence-electron chi connectivity index (χ1n) is 4.82. The molecule has 0 radical (unpaired) electrons. The molecule has 0 saturated carbocycles. The van der Waals surface area contributed by atoms with E-state index in [1.165, 1.54) is 0 Å². The van der Waals surface area contributed by atoms with Gasteiger partial charge in [-0.1, -0.05) is 23.2 Å². The summed E-state index contributed by atoms with van der Waals surface area (Å²) in [4.78, 5) is 0. The largest absolute Gasteiger partial charge is 0.397 e. The first kappa shape index (κ1) is 13.4. The fourth-order valence-electron chi connectivity index (χ4n) is 1.14. The van der Waals surface area contributed by atoms with Crippen molar-refractivity contribution in [2.75, 3.05) is 37.4 Å². The highest BCUT2D eigenvalue weighted by molar-refractivity contribution is 6.42. The van der Waals surface area contributed by atoms with Crippen LogP contribution in [0, 0.1) is 0 Å². The second-order valence-corrected chi connectivity index (χ2v) is 3.93. The molecule has 90 valence electrons. The molecule has 6 heteroatoms. The average Bonchev–Trinajstić information content (AvgIpc) is 2.25. The molecule has 1 aromatic rings. The third-order valence-corrected chi connectivity index (χ3v) is 2.61. The van der Waals surface area contributed by atoms with Crippen molar-refractivity contribution in [1.29, 1.82) is 0 Å². The molecule has 16 heavy (non-hydrogen) atoms. The molecular weight excluding hydrogens is 251 g/mol. The van der Waals surface area contributed by atoms with Crippen LogP contribution in [-0.4, -0.2) is 31.5 Å². The molecule has 0 amide bonds. The number of hydrogen-bond acceptors (Lipinski definition) is 4. The number of ether oxygens (including phenoxy) is 1. The SMILES string of the molecule is Nc1cc(Cl)c(Cl)cc1NCCOCCO. The van der Waals surface area contributed by atoms with Crippen molar-refractivity contribution in [3.8, 4) is 0 Å². The summed E-state index contributed by atoms with van der Waals surface area (Å²) in [7, 11) is 0. The Labute approximate surface area is 104 Å². The number of rotatable bonds is 6. The summed E-state index contributed by atoms with van der Waals surface area (Å²) in [6, 6.07) is 3.27. The minimum Gasteiger partial charge on any atom is -0.397 e. The van der Waals surface area contributed by atoms with Gasteiger partial charge in [-0.2, -0.15) is 0 Å². The fourth-order valence-corrected chi connectivity index (χ4v) is 1.48. The van der Waals surface area contributed by atoms with Gasteiger partial charge in [0.05, 0.1) is 41.2 Å². The van der Waals surface area contributed by atoms with E-state index in [0.717, 1.165) is 5.69 Å². The van der Waals surface area contributed by atoms with Crippen LogP contribution in [0.15, 0.2) is 12.1 Å². The normalized spacial score (nSPS) is 10.4. The van der Waals surface area contributed by atoms with E-state index < -0.39 is 0 Å². The number of halogens is 2. The van der Waals surface area contributed by atoms with E-state index in [1.807, 2.05) is 0 Å². The van der Waals surface area contributed by atoms with Crippen molar-refractivity contribution in [3.05, 3.63) is 22.2 Å². The number of benzene rings is 1. The minimum atomic E-state index is 0.0227. The third-order valence-electron chi connectivity index (χ3n) is 1.89. The Morgan fingerprint density at radius 2 is 1.94 bits per heavy atom. The molecule has 1 rings (SSSR count). The summed E-state index contributed by atoms with van der Waals surface area (Å²) in [5.74, 6) is 0. The lowest BCUT2D eigenvalue weighted by Crippen LogP contribution is -2.12. The van der Waals surface area contributed by atoms with Crippen LogP contribution in [0.25, 0.3) is 0 Å². The van der Waals surface area contributed by atoms with Crippen molar-refractivity contribution in [2.45, 2.75) is 0 Å². The maximum absolute atomic E-state index is 8.50. The van der Waals surface area contributed by atoms with Crippen LogP contribution >= 0.6 is 23.2 Å². The molecule has 4 N–H and O–H groups in total. The average molecular weight is 265 g/mol. The van der Waals surface area contributed by atoms with Gasteiger partial charge < -0.3 is 20.9 Å². The van der Waals surface area contributed by atoms with Gasteiger partial charge in [0.1, 0.15) is 0 Å². The van der Waals surface area contributed by atoms with Gasteiger partial charge in [-0.15, -0.1) is 0 Å². The molecular formula is C10H14Cl2N2O2. The number of nitrogens with one attached hydrogen (secondary N) is 1. The van der Waals surface area contributed by atoms with Crippen molar-refractivity contribution < 1.29 is 9.84 Å². The molecule has 0 atom stereocenters. The second kappa shape index (κ2) is 6.81. The predicted molar refractivity (Wildman–Crippen MR) is 67.3 cm³/mol. The lowest BCUT2D eigenvalue weighted by molar-refractivity contribution is 0.0992. The number of nitrogens with two attached hydrogens (primary N) is 1. The Balaban J connectivity index is 2.45. The number of aliphatic hydroxyl groups is 1. The lowest BCUT2D eigenvalue weighted by atomic mass is 10.2. The summed E-state index contributed by atoms with van der Waals surface area (Å²) in [6.45, 7) is 1.43. The molecule has 4 nitrogen and oxygen atoms in total. The summed E-state index contributed by atoms with van der Waals surface area (Å²) in [6.07, 6.45) is 0. The number of hydrogen-bond donors (Lipinski definition) is 3. The first-order chi connectivity index (χ1) is 7.65. The van der Waals surface area contributed by atoms with Gasteiger partial charge in [0.15, 0.2) is 0 Å². The molecule has 0 unspecified atom stereocenters. The van der Waals surface area contributed by atoms with Gasteiger partial charge in [0.25, 0.3) is 0 Å². The molecule has 0 bridgehead atoms. The molecule has 0 heterocycles. The topological polar surface area (TPSA) is 67.5 Å². The Hall–Kier alpha value is -0.680. The van der Waals surface area contributed by atoms with E-state index in [-0.39, 0.29) is 6.61 Å². The van der Waals surface area contributed by atoms with Gasteiger partial charge in [0, 0.05) is 6.54 Å². The summed E-state index contributed by atoms with van der Waals surface area (Å²) in [5, 5.41) is 12.4. The summed E-state index contributed by atoms with van der Waals surface area (Å²) < 4.78 is 5.09. The van der Waals surface area contributed by atoms with Gasteiger partial charge in [-0.25, -0.2) is 0 Å². The van der Waals surface area contributed by atoms with Crippen LogP contribution in [0.4, 0.5) is 11.4 Å². The van der Waals surface area contributed by atoms with Crippen LogP contribution in [-0.2, 0) is 4.74 Å². The molecule has 0 saturated heterocycles. The zero-order valence-electron chi connectivity index (χ0n) is 8.67. The van der Waals surface area contributed by atoms with E-state index in [4.69, 9.17) is 38.8 Å². The standard InChI is InChI=1S/C10H14Cl2N2O2/c11-7-5-9(13)10(6-8(7)12)14-1-3-16-4-2-15/h5-6,14-15H,1-4,13H2. The summed E-state index contributed by atoms with van der Waals surface area (Å²) in [5.41, 5.74) is 7.01. The first-order valence-corrected chi connectivity index (χ1v) is 5.57. The number of aliphatic hydroxyl groups excluding tert-OH is 1. The quantitative estimate of drug-likeness (QED) is 0.543. The molecule has 0 fully saturated rings. The van der Waals surface area contributed by atoms with Gasteiger partial charge >= 0.3 is 0 Å². The van der Waals surface area contributed by atoms with Crippen LogP contribution < -0.4 is 11.1 Å². The second-order valence-electron chi connectivity index (χ2n) is 3.12. The van der Waals surface area contributed by atoms with Crippen molar-refractivity contribution in [1.82, 2.24) is 0 Å². The molecule has 0 aliphatic heterocycles. The van der Waals surface area contributed by atoms with Crippen LogP contribution in [0.3, 0.4) is 0 Å². The van der Waals surface area contributed by atoms with E-state index >= 15 is 0 Å². The molecule has 0 aliphatic carbocycles. The fraction of sp³-hybridized carbons (Fsp3) is 0.400. The Morgan fingerprint density at radius 3 is 2.62 bits per heavy atom. The van der Waals surface area contributed by atoms with Gasteiger partial charge in [-0.05, 0) is 12.1 Å². The Bertz CT molecular complexity index is 348. The zero-order valence-corrected chi connectivity index (χ0v) is 10.2. The number of anilines is 2. The maximum atomic E-state index is 8.50. The van der Waals surface area contributed by atoms with E-state index in [9.17, 15) is 0 Å². The predicted octanol–water partition coefficient (Wildman–Crippen LogP) is 2.00. The van der Waals surface area contributed by atoms with Crippen molar-refractivity contribution >= 4 is 34.6 Å². The Kier molecular flexibility index (Phi) is 5.69. The highest BCUT2D eigenvalue weighted by Gasteiger charge is 2.04. The van der Waals surface area contributed by atoms with Crippen LogP contribution in [0.1, 0.15) is 0 Å². The molecule has 1 aromatic carbocycles. The minimum absolute atomic E-state index is 0.0227. The summed E-state index contributed by atoms with van der Waals surface area (Å²) >= 11 is 11.7. The van der Waals surface area contributed by atoms with E-state index in [1.54, 1.807) is 12.1 Å². The maximum Gasteiger partial charge on any atom is 0.0698 e. The van der Waals surface area contributed by atoms with Gasteiger partial charge in [-0.3, -0.25) is 0 Å². The number of nitrogen functional groups attached to an aromatic ring is 1. The van der Waals surface area contributed by atoms with E-state index in [2.05, 4.69) is 5.32 Å². The smallest absolute Gasteiger partial charge is 0.0698 e. The van der Waals surface area contributed by atoms with Gasteiger partial charge in [0.2, 0.25) is 0 Å². The zero-order chi connectivity index (χ0) is 12.0. The lowest BCUT2D eigenvalue weighted by Gasteiger charge is -2.10. The van der Waals surface area contributed by atoms with Crippen LogP contribution in [0.2, 0.25) is 10.0 Å². The molecule has 0 aliphatic rings. The third kappa shape index (κ3) is 4.06. The Morgan fingerprint density at radius 1 is 1.25 bits per heavy atom. The van der Waals surface area contributed by atoms with E-state index in [0.29, 0.717) is 35.5 Å².